The molecule has 2 amide bonds. The van der Waals surface area contributed by atoms with E-state index in [-0.39, 0.29) is 17.9 Å². The highest BCUT2D eigenvalue weighted by molar-refractivity contribution is 7.22. The fourth-order valence-electron chi connectivity index (χ4n) is 4.36. The molecule has 9 heteroatoms. The number of halogens is 1. The fourth-order valence-corrected chi connectivity index (χ4v) is 5.24. The van der Waals surface area contributed by atoms with Crippen molar-refractivity contribution in [2.24, 2.45) is 0 Å². The molecule has 3 aromatic heterocycles. The van der Waals surface area contributed by atoms with Crippen molar-refractivity contribution in [3.8, 4) is 11.3 Å². The third-order valence-electron chi connectivity index (χ3n) is 5.94. The first-order chi connectivity index (χ1) is 15.5. The lowest BCUT2D eigenvalue weighted by molar-refractivity contribution is 0.255. The van der Waals surface area contributed by atoms with Gasteiger partial charge in [0.25, 0.3) is 0 Å². The summed E-state index contributed by atoms with van der Waals surface area (Å²) >= 11 is 1.26. The molecule has 0 spiro atoms. The number of carbonyl (C=O) groups excluding carboxylic acids is 1. The van der Waals surface area contributed by atoms with Crippen molar-refractivity contribution in [1.82, 2.24) is 15.0 Å². The number of hydrogen-bond donors (Lipinski definition) is 1. The van der Waals surface area contributed by atoms with Gasteiger partial charge < -0.3 is 4.90 Å². The number of pyridine rings is 2. The molecule has 5 heterocycles. The Hall–Kier alpha value is -3.59. The second-order valence-corrected chi connectivity index (χ2v) is 9.08. The molecule has 0 radical (unpaired) electrons. The van der Waals surface area contributed by atoms with E-state index in [1.165, 1.54) is 23.5 Å². The number of anilines is 3. The van der Waals surface area contributed by atoms with Crippen LogP contribution in [0.3, 0.4) is 0 Å². The Kier molecular flexibility index (Phi) is 4.32. The van der Waals surface area contributed by atoms with Crippen molar-refractivity contribution in [2.75, 3.05) is 28.2 Å². The van der Waals surface area contributed by atoms with E-state index in [0.717, 1.165) is 42.1 Å². The maximum Gasteiger partial charge on any atom is 0.329 e. The van der Waals surface area contributed by atoms with E-state index < -0.39 is 0 Å². The third kappa shape index (κ3) is 3.16. The maximum absolute atomic E-state index is 13.5. The second-order valence-electron chi connectivity index (χ2n) is 8.05. The van der Waals surface area contributed by atoms with Crippen LogP contribution in [-0.2, 0) is 0 Å². The van der Waals surface area contributed by atoms with Crippen LogP contribution < -0.4 is 15.1 Å². The quantitative estimate of drug-likeness (QED) is 0.477. The molecule has 4 aromatic rings. The molecule has 0 saturated carbocycles. The number of carbonyl (C=O) groups is 1. The minimum absolute atomic E-state index is 0.0354. The molecule has 1 N–H and O–H groups in total. The zero-order valence-corrected chi connectivity index (χ0v) is 18.1. The molecule has 1 fully saturated rings. The smallest absolute Gasteiger partial charge is 0.329 e. The summed E-state index contributed by atoms with van der Waals surface area (Å²) in [6.45, 7) is 3.60. The van der Waals surface area contributed by atoms with Crippen molar-refractivity contribution >= 4 is 44.2 Å². The van der Waals surface area contributed by atoms with Gasteiger partial charge in [-0.05, 0) is 55.8 Å². The topological polar surface area (TPSA) is 74.2 Å². The van der Waals surface area contributed by atoms with Crippen molar-refractivity contribution in [1.29, 1.82) is 0 Å². The number of fused-ring (bicyclic) bond motifs is 5. The number of nitrogens with one attached hydrogen (secondary N) is 1. The molecular weight excluding hydrogens is 427 g/mol. The molecule has 32 heavy (non-hydrogen) atoms. The Bertz CT molecular complexity index is 1350. The molecule has 1 saturated heterocycles. The summed E-state index contributed by atoms with van der Waals surface area (Å²) in [7, 11) is 0. The van der Waals surface area contributed by atoms with Crippen LogP contribution in [0.4, 0.5) is 25.8 Å². The average Bonchev–Trinajstić information content (AvgIpc) is 3.38. The number of hydrogen-bond acceptors (Lipinski definition) is 6. The Labute approximate surface area is 187 Å². The highest BCUT2D eigenvalue weighted by Gasteiger charge is 2.40. The Morgan fingerprint density at radius 2 is 2.09 bits per heavy atom. The fraction of sp³-hybridized carbons (Fsp3) is 0.217. The molecule has 2 aliphatic heterocycles. The molecule has 2 bridgehead atoms. The number of amides is 2. The van der Waals surface area contributed by atoms with Crippen molar-refractivity contribution < 1.29 is 9.18 Å². The number of aromatic nitrogens is 3. The van der Waals surface area contributed by atoms with E-state index in [1.54, 1.807) is 17.2 Å². The van der Waals surface area contributed by atoms with Crippen LogP contribution in [0.25, 0.3) is 21.5 Å². The minimum Gasteiger partial charge on any atom is -0.366 e. The Morgan fingerprint density at radius 1 is 1.19 bits per heavy atom. The molecule has 7 nitrogen and oxygen atoms in total. The van der Waals surface area contributed by atoms with Crippen LogP contribution in [0.1, 0.15) is 12.1 Å². The standard InChI is InChI=1S/C23H19FN6OS/c1-13-2-3-14(11-25-13)17-6-7-19-21(26-17)30(16-8-9-29(19)12-16)23(31)28-22-27-18-5-4-15(24)10-20(18)32-22/h2-7,10-11,16H,8-9,12H2,1H3,(H,27,28,31). The number of aryl methyl sites for hydroxylation is 1. The molecule has 6 rings (SSSR count). The van der Waals surface area contributed by atoms with Crippen LogP contribution in [0.15, 0.2) is 48.7 Å². The molecule has 2 aliphatic rings. The predicted molar refractivity (Wildman–Crippen MR) is 124 cm³/mol. The third-order valence-corrected chi connectivity index (χ3v) is 6.88. The highest BCUT2D eigenvalue weighted by atomic mass is 32.1. The average molecular weight is 447 g/mol. The van der Waals surface area contributed by atoms with Gasteiger partial charge in [0, 0.05) is 30.5 Å². The monoisotopic (exact) mass is 446 g/mol. The van der Waals surface area contributed by atoms with E-state index in [9.17, 15) is 9.18 Å². The molecule has 1 aromatic carbocycles. The van der Waals surface area contributed by atoms with Gasteiger partial charge in [0.05, 0.1) is 27.6 Å². The number of nitrogens with zero attached hydrogens (tertiary/aromatic N) is 5. The van der Waals surface area contributed by atoms with Gasteiger partial charge in [-0.3, -0.25) is 15.2 Å². The Balaban J connectivity index is 1.36. The SMILES string of the molecule is Cc1ccc(-c2ccc3c(n2)N(C(=O)Nc2nc4ccc(F)cc4s2)C2CCN3C2)cn1. The molecular formula is C23H19FN6OS. The van der Waals surface area contributed by atoms with Crippen LogP contribution in [0.2, 0.25) is 0 Å². The lowest BCUT2D eigenvalue weighted by Gasteiger charge is -2.35. The summed E-state index contributed by atoms with van der Waals surface area (Å²) in [6, 6.07) is 12.1. The normalized spacial score (nSPS) is 17.0. The second kappa shape index (κ2) is 7.23. The summed E-state index contributed by atoms with van der Waals surface area (Å²) in [5, 5.41) is 3.35. The van der Waals surface area contributed by atoms with Crippen molar-refractivity contribution in [2.45, 2.75) is 19.4 Å². The molecule has 1 atom stereocenters. The van der Waals surface area contributed by atoms with Gasteiger partial charge in [-0.2, -0.15) is 0 Å². The van der Waals surface area contributed by atoms with Crippen LogP contribution >= 0.6 is 11.3 Å². The lowest BCUT2D eigenvalue weighted by Crippen LogP contribution is -2.48. The zero-order valence-electron chi connectivity index (χ0n) is 17.2. The van der Waals surface area contributed by atoms with E-state index in [2.05, 4.69) is 20.2 Å². The first-order valence-electron chi connectivity index (χ1n) is 10.4. The van der Waals surface area contributed by atoms with Gasteiger partial charge in [-0.1, -0.05) is 11.3 Å². The van der Waals surface area contributed by atoms with Gasteiger partial charge in [0.1, 0.15) is 5.82 Å². The summed E-state index contributed by atoms with van der Waals surface area (Å²) < 4.78 is 14.2. The molecule has 1 unspecified atom stereocenters. The van der Waals surface area contributed by atoms with Gasteiger partial charge >= 0.3 is 6.03 Å². The van der Waals surface area contributed by atoms with Crippen molar-refractivity contribution in [3.05, 3.63) is 60.2 Å². The number of thiazole rings is 1. The maximum atomic E-state index is 13.5. The highest BCUT2D eigenvalue weighted by Crippen LogP contribution is 2.40. The first kappa shape index (κ1) is 19.1. The van der Waals surface area contributed by atoms with Gasteiger partial charge in [0.2, 0.25) is 0 Å². The zero-order chi connectivity index (χ0) is 21.8. The summed E-state index contributed by atoms with van der Waals surface area (Å²) in [5.74, 6) is 0.318. The van der Waals surface area contributed by atoms with E-state index in [0.29, 0.717) is 21.2 Å². The molecule has 0 aliphatic carbocycles. The summed E-state index contributed by atoms with van der Waals surface area (Å²) in [6.07, 6.45) is 2.67. The van der Waals surface area contributed by atoms with E-state index in [4.69, 9.17) is 4.98 Å². The number of urea groups is 1. The largest absolute Gasteiger partial charge is 0.366 e. The number of rotatable bonds is 2. The molecule has 160 valence electrons. The van der Waals surface area contributed by atoms with Gasteiger partial charge in [0.15, 0.2) is 10.9 Å². The van der Waals surface area contributed by atoms with Crippen LogP contribution in [-0.4, -0.2) is 40.1 Å². The van der Waals surface area contributed by atoms with Crippen LogP contribution in [0, 0.1) is 12.7 Å². The summed E-state index contributed by atoms with van der Waals surface area (Å²) in [4.78, 5) is 31.1. The van der Waals surface area contributed by atoms with Crippen LogP contribution in [0.5, 0.6) is 0 Å². The number of benzene rings is 1. The van der Waals surface area contributed by atoms with Gasteiger partial charge in [-0.15, -0.1) is 0 Å². The first-order valence-corrected chi connectivity index (χ1v) is 11.2. The van der Waals surface area contributed by atoms with Crippen molar-refractivity contribution in [3.63, 3.8) is 0 Å². The van der Waals surface area contributed by atoms with Gasteiger partial charge in [-0.25, -0.2) is 19.2 Å². The lowest BCUT2D eigenvalue weighted by atomic mass is 10.1. The van der Waals surface area contributed by atoms with E-state index in [1.807, 2.05) is 31.2 Å². The van der Waals surface area contributed by atoms with E-state index >= 15 is 0 Å². The minimum atomic E-state index is -0.322. The predicted octanol–water partition coefficient (Wildman–Crippen LogP) is 4.83. The Morgan fingerprint density at radius 3 is 2.94 bits per heavy atom. The summed E-state index contributed by atoms with van der Waals surface area (Å²) in [5.41, 5.74) is 4.22.